The molecule has 3 nitrogen and oxygen atoms in total. The highest BCUT2D eigenvalue weighted by atomic mass is 127. The van der Waals surface area contributed by atoms with Gasteiger partial charge in [-0.05, 0) is 59.0 Å². The van der Waals surface area contributed by atoms with Crippen LogP contribution in [-0.4, -0.2) is 5.78 Å². The molecule has 0 saturated carbocycles. The van der Waals surface area contributed by atoms with Crippen LogP contribution in [-0.2, 0) is 0 Å². The fourth-order valence-electron chi connectivity index (χ4n) is 3.10. The molecule has 4 heteroatoms. The average molecular weight is 490 g/mol. The van der Waals surface area contributed by atoms with Gasteiger partial charge in [-0.25, -0.2) is 0 Å². The van der Waals surface area contributed by atoms with Crippen LogP contribution in [0.1, 0.15) is 15.9 Å². The minimum absolute atomic E-state index is 0.0171. The summed E-state index contributed by atoms with van der Waals surface area (Å²) in [4.78, 5) is 13.3. The lowest BCUT2D eigenvalue weighted by molar-refractivity contribution is 0.103. The van der Waals surface area contributed by atoms with Gasteiger partial charge in [0.15, 0.2) is 5.78 Å². The molecule has 0 unspecified atom stereocenters. The van der Waals surface area contributed by atoms with Crippen molar-refractivity contribution in [1.82, 2.24) is 0 Å². The van der Waals surface area contributed by atoms with Crippen molar-refractivity contribution >= 4 is 51.1 Å². The Morgan fingerprint density at radius 2 is 1.07 bits per heavy atom. The second-order valence-corrected chi connectivity index (χ2v) is 7.68. The molecule has 2 N–H and O–H groups in total. The Morgan fingerprint density at radius 3 is 1.62 bits per heavy atom. The maximum Gasteiger partial charge on any atom is 0.195 e. The molecule has 142 valence electrons. The lowest BCUT2D eigenvalue weighted by Gasteiger charge is -2.19. The van der Waals surface area contributed by atoms with E-state index in [0.29, 0.717) is 11.1 Å². The van der Waals surface area contributed by atoms with Gasteiger partial charge in [0.05, 0.1) is 11.4 Å². The highest BCUT2D eigenvalue weighted by Gasteiger charge is 2.19. The molecule has 0 bridgehead atoms. The van der Waals surface area contributed by atoms with Gasteiger partial charge in [0, 0.05) is 26.1 Å². The number of halogens is 1. The summed E-state index contributed by atoms with van der Waals surface area (Å²) < 4.78 is 1.02. The van der Waals surface area contributed by atoms with Gasteiger partial charge >= 0.3 is 0 Å². The van der Waals surface area contributed by atoms with Crippen LogP contribution in [0.5, 0.6) is 0 Å². The molecule has 29 heavy (non-hydrogen) atoms. The normalized spacial score (nSPS) is 10.4. The number of benzene rings is 4. The molecule has 0 amide bonds. The highest BCUT2D eigenvalue weighted by Crippen LogP contribution is 2.37. The number of nitrogens with one attached hydrogen (secondary N) is 2. The lowest BCUT2D eigenvalue weighted by Crippen LogP contribution is -2.09. The Morgan fingerprint density at radius 1 is 0.586 bits per heavy atom. The van der Waals surface area contributed by atoms with Crippen LogP contribution in [0.15, 0.2) is 103 Å². The van der Waals surface area contributed by atoms with Crippen LogP contribution in [0.2, 0.25) is 0 Å². The molecule has 0 aliphatic heterocycles. The van der Waals surface area contributed by atoms with Crippen molar-refractivity contribution in [1.29, 1.82) is 0 Å². The fraction of sp³-hybridized carbons (Fsp3) is 0. The summed E-state index contributed by atoms with van der Waals surface area (Å²) in [7, 11) is 0. The number of anilines is 4. The summed E-state index contributed by atoms with van der Waals surface area (Å²) in [5, 5.41) is 6.95. The third kappa shape index (κ3) is 4.49. The zero-order valence-corrected chi connectivity index (χ0v) is 17.8. The van der Waals surface area contributed by atoms with Gasteiger partial charge in [-0.15, -0.1) is 0 Å². The first kappa shape index (κ1) is 19.2. The quantitative estimate of drug-likeness (QED) is 0.226. The van der Waals surface area contributed by atoms with Crippen LogP contribution >= 0.6 is 22.6 Å². The Hall–Kier alpha value is -3.12. The molecule has 0 aliphatic rings. The number of hydrogen-bond acceptors (Lipinski definition) is 3. The standard InChI is InChI=1S/C25H19IN2O/c26-22-17-16-21(25(29)18-10-4-1-5-11-18)23(27-19-12-6-2-7-13-19)24(22)28-20-14-8-3-9-15-20/h1-17,27-28H. The minimum Gasteiger partial charge on any atom is -0.353 e. The van der Waals surface area contributed by atoms with E-state index in [-0.39, 0.29) is 5.78 Å². The van der Waals surface area contributed by atoms with Crippen molar-refractivity contribution in [2.75, 3.05) is 10.6 Å². The lowest BCUT2D eigenvalue weighted by atomic mass is 10.00. The van der Waals surface area contributed by atoms with Gasteiger partial charge in [0.1, 0.15) is 0 Å². The van der Waals surface area contributed by atoms with Crippen molar-refractivity contribution < 1.29 is 4.79 Å². The molecule has 0 atom stereocenters. The third-order valence-corrected chi connectivity index (χ3v) is 5.42. The van der Waals surface area contributed by atoms with Gasteiger partial charge in [0.25, 0.3) is 0 Å². The van der Waals surface area contributed by atoms with Gasteiger partial charge in [-0.2, -0.15) is 0 Å². The van der Waals surface area contributed by atoms with Crippen LogP contribution < -0.4 is 10.6 Å². The van der Waals surface area contributed by atoms with Crippen molar-refractivity contribution in [2.24, 2.45) is 0 Å². The van der Waals surface area contributed by atoms with Gasteiger partial charge in [-0.3, -0.25) is 4.79 Å². The van der Waals surface area contributed by atoms with E-state index in [9.17, 15) is 4.79 Å². The maximum atomic E-state index is 13.3. The summed E-state index contributed by atoms with van der Waals surface area (Å²) in [6, 6.07) is 33.1. The fourth-order valence-corrected chi connectivity index (χ4v) is 3.68. The first-order valence-electron chi connectivity index (χ1n) is 9.29. The molecular weight excluding hydrogens is 471 g/mol. The largest absolute Gasteiger partial charge is 0.353 e. The van der Waals surface area contributed by atoms with Gasteiger partial charge in [0.2, 0.25) is 0 Å². The minimum atomic E-state index is -0.0171. The molecule has 4 aromatic rings. The molecule has 4 aromatic carbocycles. The maximum absolute atomic E-state index is 13.3. The molecule has 4 rings (SSSR count). The van der Waals surface area contributed by atoms with Crippen molar-refractivity contribution in [3.8, 4) is 0 Å². The van der Waals surface area contributed by atoms with Crippen molar-refractivity contribution in [3.63, 3.8) is 0 Å². The number of rotatable bonds is 6. The molecule has 0 fully saturated rings. The Labute approximate surface area is 183 Å². The number of ketones is 1. The first-order valence-corrected chi connectivity index (χ1v) is 10.4. The SMILES string of the molecule is O=C(c1ccccc1)c1ccc(I)c(Nc2ccccc2)c1Nc1ccccc1. The van der Waals surface area contributed by atoms with Crippen molar-refractivity contribution in [3.05, 3.63) is 118 Å². The number of carbonyl (C=O) groups excluding carboxylic acids is 1. The number of hydrogen-bond donors (Lipinski definition) is 2. The molecular formula is C25H19IN2O. The predicted octanol–water partition coefficient (Wildman–Crippen LogP) is 7.01. The number of carbonyl (C=O) groups is 1. The van der Waals surface area contributed by atoms with Crippen LogP contribution in [0, 0.1) is 3.57 Å². The third-order valence-electron chi connectivity index (χ3n) is 4.52. The Bertz CT molecular complexity index is 1110. The monoisotopic (exact) mass is 490 g/mol. The van der Waals surface area contributed by atoms with Crippen LogP contribution in [0.3, 0.4) is 0 Å². The second kappa shape index (κ2) is 8.92. The van der Waals surface area contributed by atoms with E-state index in [4.69, 9.17) is 0 Å². The Balaban J connectivity index is 1.84. The van der Waals surface area contributed by atoms with Gasteiger partial charge < -0.3 is 10.6 Å². The van der Waals surface area contributed by atoms with E-state index in [0.717, 1.165) is 26.3 Å². The average Bonchev–Trinajstić information content (AvgIpc) is 2.78. The molecule has 0 aromatic heterocycles. The molecule has 0 spiro atoms. The Kier molecular flexibility index (Phi) is 5.91. The molecule has 0 heterocycles. The zero-order chi connectivity index (χ0) is 20.1. The van der Waals surface area contributed by atoms with E-state index in [2.05, 4.69) is 33.2 Å². The van der Waals surface area contributed by atoms with E-state index < -0.39 is 0 Å². The molecule has 0 saturated heterocycles. The summed E-state index contributed by atoms with van der Waals surface area (Å²) >= 11 is 2.30. The van der Waals surface area contributed by atoms with E-state index in [1.165, 1.54) is 0 Å². The van der Waals surface area contributed by atoms with E-state index in [1.807, 2.05) is 103 Å². The molecule has 0 aliphatic carbocycles. The smallest absolute Gasteiger partial charge is 0.195 e. The van der Waals surface area contributed by atoms with Crippen LogP contribution in [0.4, 0.5) is 22.7 Å². The first-order chi connectivity index (χ1) is 14.2. The topological polar surface area (TPSA) is 41.1 Å². The van der Waals surface area contributed by atoms with E-state index in [1.54, 1.807) is 0 Å². The zero-order valence-electron chi connectivity index (χ0n) is 15.6. The summed E-state index contributed by atoms with van der Waals surface area (Å²) in [6.07, 6.45) is 0. The number of para-hydroxylation sites is 2. The summed E-state index contributed by atoms with van der Waals surface area (Å²) in [5.41, 5.74) is 4.82. The van der Waals surface area contributed by atoms with E-state index >= 15 is 0 Å². The predicted molar refractivity (Wildman–Crippen MR) is 128 cm³/mol. The van der Waals surface area contributed by atoms with Gasteiger partial charge in [-0.1, -0.05) is 66.7 Å². The van der Waals surface area contributed by atoms with Crippen LogP contribution in [0.25, 0.3) is 0 Å². The highest BCUT2D eigenvalue weighted by molar-refractivity contribution is 14.1. The summed E-state index contributed by atoms with van der Waals surface area (Å²) in [6.45, 7) is 0. The summed E-state index contributed by atoms with van der Waals surface area (Å²) in [5.74, 6) is -0.0171. The second-order valence-electron chi connectivity index (χ2n) is 6.52. The molecule has 0 radical (unpaired) electrons. The van der Waals surface area contributed by atoms with Crippen molar-refractivity contribution in [2.45, 2.75) is 0 Å².